The van der Waals surface area contributed by atoms with Crippen molar-refractivity contribution in [1.29, 1.82) is 0 Å². The molecule has 0 saturated carbocycles. The molecule has 2 aromatic rings. The van der Waals surface area contributed by atoms with Crippen LogP contribution in [0.15, 0.2) is 30.6 Å². The SMILES string of the molecule is COc1cccc(CN2CCN(CCn3nccn3)CC2)n1. The smallest absolute Gasteiger partial charge is 0.213 e. The molecular formula is C15H22N6O. The summed E-state index contributed by atoms with van der Waals surface area (Å²) in [7, 11) is 1.65. The number of nitrogens with zero attached hydrogens (tertiary/aromatic N) is 6. The van der Waals surface area contributed by atoms with E-state index in [-0.39, 0.29) is 0 Å². The normalized spacial score (nSPS) is 16.8. The Morgan fingerprint density at radius 3 is 2.45 bits per heavy atom. The average molecular weight is 302 g/mol. The predicted octanol–water partition coefficient (Wildman–Crippen LogP) is 0.500. The van der Waals surface area contributed by atoms with Crippen molar-refractivity contribution in [3.05, 3.63) is 36.3 Å². The summed E-state index contributed by atoms with van der Waals surface area (Å²) in [6, 6.07) is 5.93. The first kappa shape index (κ1) is 14.9. The molecule has 3 heterocycles. The van der Waals surface area contributed by atoms with Crippen molar-refractivity contribution in [3.8, 4) is 5.88 Å². The summed E-state index contributed by atoms with van der Waals surface area (Å²) in [5.74, 6) is 0.683. The number of aromatic nitrogens is 4. The summed E-state index contributed by atoms with van der Waals surface area (Å²) < 4.78 is 5.18. The van der Waals surface area contributed by atoms with Crippen molar-refractivity contribution in [3.63, 3.8) is 0 Å². The highest BCUT2D eigenvalue weighted by atomic mass is 16.5. The van der Waals surface area contributed by atoms with Crippen LogP contribution in [0.4, 0.5) is 0 Å². The van der Waals surface area contributed by atoms with Gasteiger partial charge in [0.05, 0.1) is 31.7 Å². The Labute approximate surface area is 130 Å². The first-order valence-electron chi connectivity index (χ1n) is 7.62. The second-order valence-electron chi connectivity index (χ2n) is 5.41. The number of rotatable bonds is 6. The van der Waals surface area contributed by atoms with Crippen LogP contribution in [-0.4, -0.2) is 69.6 Å². The quantitative estimate of drug-likeness (QED) is 0.774. The van der Waals surface area contributed by atoms with E-state index in [1.165, 1.54) is 0 Å². The molecule has 1 fully saturated rings. The molecule has 1 aliphatic heterocycles. The van der Waals surface area contributed by atoms with Crippen LogP contribution in [0, 0.1) is 0 Å². The van der Waals surface area contributed by atoms with E-state index >= 15 is 0 Å². The van der Waals surface area contributed by atoms with Gasteiger partial charge in [-0.15, -0.1) is 0 Å². The minimum atomic E-state index is 0.683. The molecule has 0 aliphatic carbocycles. The lowest BCUT2D eigenvalue weighted by atomic mass is 10.2. The van der Waals surface area contributed by atoms with Crippen molar-refractivity contribution in [2.75, 3.05) is 39.8 Å². The number of hydrogen-bond acceptors (Lipinski definition) is 6. The van der Waals surface area contributed by atoms with E-state index < -0.39 is 0 Å². The van der Waals surface area contributed by atoms with Gasteiger partial charge < -0.3 is 4.74 Å². The van der Waals surface area contributed by atoms with Crippen LogP contribution >= 0.6 is 0 Å². The van der Waals surface area contributed by atoms with Crippen molar-refractivity contribution in [2.45, 2.75) is 13.1 Å². The predicted molar refractivity (Wildman–Crippen MR) is 82.5 cm³/mol. The van der Waals surface area contributed by atoms with E-state index in [4.69, 9.17) is 4.74 Å². The van der Waals surface area contributed by atoms with Crippen LogP contribution in [-0.2, 0) is 13.1 Å². The number of ether oxygens (including phenoxy) is 1. The molecule has 22 heavy (non-hydrogen) atoms. The van der Waals surface area contributed by atoms with Crippen molar-refractivity contribution >= 4 is 0 Å². The second-order valence-corrected chi connectivity index (χ2v) is 5.41. The minimum absolute atomic E-state index is 0.683. The molecule has 118 valence electrons. The highest BCUT2D eigenvalue weighted by Gasteiger charge is 2.17. The summed E-state index contributed by atoms with van der Waals surface area (Å²) in [4.78, 5) is 11.1. The van der Waals surface area contributed by atoms with Crippen LogP contribution in [0.1, 0.15) is 5.69 Å². The van der Waals surface area contributed by atoms with E-state index in [0.717, 1.165) is 51.5 Å². The van der Waals surface area contributed by atoms with Crippen molar-refractivity contribution < 1.29 is 4.74 Å². The molecule has 1 aliphatic rings. The fourth-order valence-corrected chi connectivity index (χ4v) is 2.65. The monoisotopic (exact) mass is 302 g/mol. The van der Waals surface area contributed by atoms with E-state index in [0.29, 0.717) is 5.88 Å². The minimum Gasteiger partial charge on any atom is -0.481 e. The molecule has 7 nitrogen and oxygen atoms in total. The van der Waals surface area contributed by atoms with Gasteiger partial charge in [-0.2, -0.15) is 15.0 Å². The molecule has 1 saturated heterocycles. The van der Waals surface area contributed by atoms with Gasteiger partial charge in [-0.25, -0.2) is 4.98 Å². The molecule has 7 heteroatoms. The maximum atomic E-state index is 5.18. The molecule has 0 radical (unpaired) electrons. The standard InChI is InChI=1S/C15H22N6O/c1-22-15-4-2-3-14(18-15)13-20-9-7-19(8-10-20)11-12-21-16-5-6-17-21/h2-6H,7-13H2,1H3. The largest absolute Gasteiger partial charge is 0.481 e. The molecule has 0 N–H and O–H groups in total. The lowest BCUT2D eigenvalue weighted by molar-refractivity contribution is 0.120. The van der Waals surface area contributed by atoms with Crippen LogP contribution in [0.25, 0.3) is 0 Å². The van der Waals surface area contributed by atoms with E-state index in [2.05, 4.69) is 31.0 Å². The fraction of sp³-hybridized carbons (Fsp3) is 0.533. The Kier molecular flexibility index (Phi) is 4.97. The average Bonchev–Trinajstić information content (AvgIpc) is 3.08. The fourth-order valence-electron chi connectivity index (χ4n) is 2.65. The van der Waals surface area contributed by atoms with Gasteiger partial charge in [0.1, 0.15) is 0 Å². The number of methoxy groups -OCH3 is 1. The molecule has 0 spiro atoms. The van der Waals surface area contributed by atoms with Crippen LogP contribution in [0.3, 0.4) is 0 Å². The molecular weight excluding hydrogens is 280 g/mol. The van der Waals surface area contributed by atoms with Gasteiger partial charge in [-0.1, -0.05) is 6.07 Å². The van der Waals surface area contributed by atoms with Gasteiger partial charge in [0, 0.05) is 45.3 Å². The zero-order valence-electron chi connectivity index (χ0n) is 12.9. The molecule has 0 amide bonds. The number of piperazine rings is 1. The topological polar surface area (TPSA) is 59.3 Å². The Morgan fingerprint density at radius 1 is 1.00 bits per heavy atom. The Bertz CT molecular complexity index is 565. The third kappa shape index (κ3) is 4.02. The zero-order chi connectivity index (χ0) is 15.2. The Balaban J connectivity index is 1.43. The highest BCUT2D eigenvalue weighted by molar-refractivity contribution is 5.15. The molecule has 0 aromatic carbocycles. The van der Waals surface area contributed by atoms with Crippen molar-refractivity contribution in [2.24, 2.45) is 0 Å². The lowest BCUT2D eigenvalue weighted by Gasteiger charge is -2.34. The summed E-state index contributed by atoms with van der Waals surface area (Å²) in [6.07, 6.45) is 3.44. The highest BCUT2D eigenvalue weighted by Crippen LogP contribution is 2.11. The first-order chi connectivity index (χ1) is 10.8. The lowest BCUT2D eigenvalue weighted by Crippen LogP contribution is -2.46. The Morgan fingerprint density at radius 2 is 1.73 bits per heavy atom. The summed E-state index contributed by atoms with van der Waals surface area (Å²) in [5.41, 5.74) is 1.06. The van der Waals surface area contributed by atoms with E-state index in [9.17, 15) is 0 Å². The van der Waals surface area contributed by atoms with E-state index in [1.807, 2.05) is 12.1 Å². The van der Waals surface area contributed by atoms with Gasteiger partial charge in [-0.05, 0) is 6.07 Å². The maximum absolute atomic E-state index is 5.18. The van der Waals surface area contributed by atoms with Crippen LogP contribution < -0.4 is 4.74 Å². The molecule has 0 unspecified atom stereocenters. The van der Waals surface area contributed by atoms with Crippen LogP contribution in [0.2, 0.25) is 0 Å². The van der Waals surface area contributed by atoms with Gasteiger partial charge >= 0.3 is 0 Å². The van der Waals surface area contributed by atoms with Gasteiger partial charge in [0.25, 0.3) is 0 Å². The molecule has 0 atom stereocenters. The van der Waals surface area contributed by atoms with Crippen molar-refractivity contribution in [1.82, 2.24) is 29.8 Å². The van der Waals surface area contributed by atoms with E-state index in [1.54, 1.807) is 24.3 Å². The number of hydrogen-bond donors (Lipinski definition) is 0. The third-order valence-electron chi connectivity index (χ3n) is 3.92. The van der Waals surface area contributed by atoms with Crippen LogP contribution in [0.5, 0.6) is 5.88 Å². The maximum Gasteiger partial charge on any atom is 0.213 e. The summed E-state index contributed by atoms with van der Waals surface area (Å²) >= 11 is 0. The van der Waals surface area contributed by atoms with Gasteiger partial charge in [0.2, 0.25) is 5.88 Å². The molecule has 2 aromatic heterocycles. The third-order valence-corrected chi connectivity index (χ3v) is 3.92. The number of pyridine rings is 1. The first-order valence-corrected chi connectivity index (χ1v) is 7.62. The molecule has 0 bridgehead atoms. The second kappa shape index (κ2) is 7.33. The van der Waals surface area contributed by atoms with Gasteiger partial charge in [0.15, 0.2) is 0 Å². The Hall–Kier alpha value is -1.99. The summed E-state index contributed by atoms with van der Waals surface area (Å²) in [6.45, 7) is 7.00. The van der Waals surface area contributed by atoms with Gasteiger partial charge in [-0.3, -0.25) is 9.80 Å². The summed E-state index contributed by atoms with van der Waals surface area (Å²) in [5, 5.41) is 8.27. The molecule has 3 rings (SSSR count). The zero-order valence-corrected chi connectivity index (χ0v) is 12.9.